The lowest BCUT2D eigenvalue weighted by Crippen LogP contribution is -2.42. The number of guanidine groups is 1. The lowest BCUT2D eigenvalue weighted by Gasteiger charge is -2.33. The smallest absolute Gasteiger partial charge is 0.191 e. The lowest BCUT2D eigenvalue weighted by molar-refractivity contribution is 0.0186. The van der Waals surface area contributed by atoms with Crippen LogP contribution in [0.1, 0.15) is 24.3 Å². The van der Waals surface area contributed by atoms with Crippen LogP contribution in [0, 0.1) is 0 Å². The van der Waals surface area contributed by atoms with E-state index in [1.165, 1.54) is 4.88 Å². The molecule has 0 aromatic carbocycles. The molecule has 1 aliphatic rings. The van der Waals surface area contributed by atoms with E-state index in [4.69, 9.17) is 9.73 Å². The number of nitrogens with zero attached hydrogens (tertiary/aromatic N) is 3. The Morgan fingerprint density at radius 1 is 1.36 bits per heavy atom. The third kappa shape index (κ3) is 7.32. The maximum Gasteiger partial charge on any atom is 0.191 e. The molecule has 2 heterocycles. The zero-order chi connectivity index (χ0) is 17.9. The van der Waals surface area contributed by atoms with Crippen molar-refractivity contribution in [2.45, 2.75) is 19.4 Å². The lowest BCUT2D eigenvalue weighted by atomic mass is 10.2. The molecule has 0 spiro atoms. The third-order valence-corrected chi connectivity index (χ3v) is 5.17. The minimum atomic E-state index is 0.334. The van der Waals surface area contributed by atoms with E-state index in [0.717, 1.165) is 64.9 Å². The molecule has 1 unspecified atom stereocenters. The van der Waals surface area contributed by atoms with Gasteiger partial charge in [0.1, 0.15) is 0 Å². The molecule has 1 aromatic rings. The quantitative estimate of drug-likeness (QED) is 0.395. The van der Waals surface area contributed by atoms with Gasteiger partial charge in [-0.2, -0.15) is 0 Å². The zero-order valence-electron chi connectivity index (χ0n) is 15.8. The third-order valence-electron chi connectivity index (χ3n) is 4.20. The fourth-order valence-corrected chi connectivity index (χ4v) is 3.73. The van der Waals surface area contributed by atoms with Crippen LogP contribution in [-0.4, -0.2) is 82.3 Å². The number of nitrogens with one attached hydrogen (secondary N) is 2. The summed E-state index contributed by atoms with van der Waals surface area (Å²) in [6, 6.07) is 4.68. The van der Waals surface area contributed by atoms with E-state index in [1.54, 1.807) is 0 Å². The molecule has 2 N–H and O–H groups in total. The first-order valence-corrected chi connectivity index (χ1v) is 10.1. The van der Waals surface area contributed by atoms with Gasteiger partial charge in [-0.25, -0.2) is 0 Å². The highest BCUT2D eigenvalue weighted by atomic mass is 32.1. The summed E-state index contributed by atoms with van der Waals surface area (Å²) in [4.78, 5) is 10.9. The molecule has 0 saturated carbocycles. The van der Waals surface area contributed by atoms with Crippen LogP contribution in [0.25, 0.3) is 0 Å². The number of hydrogen-bond acceptors (Lipinski definition) is 5. The van der Waals surface area contributed by atoms with Crippen molar-refractivity contribution < 1.29 is 4.74 Å². The largest absolute Gasteiger partial charge is 0.379 e. The van der Waals surface area contributed by atoms with Crippen LogP contribution in [0.3, 0.4) is 0 Å². The minimum Gasteiger partial charge on any atom is -0.379 e. The van der Waals surface area contributed by atoms with Gasteiger partial charge in [0.05, 0.1) is 25.8 Å². The van der Waals surface area contributed by atoms with Gasteiger partial charge < -0.3 is 20.3 Å². The Morgan fingerprint density at radius 3 is 2.80 bits per heavy atom. The molecule has 1 aromatic heterocycles. The molecule has 6 nitrogen and oxygen atoms in total. The standard InChI is InChI=1S/C18H33N5OS/c1-4-19-18(20-8-6-9-22(2)3)21-15-16(17-7-5-14-25-17)23-10-12-24-13-11-23/h5,7,14,16H,4,6,8-13,15H2,1-3H3,(H2,19,20,21). The van der Waals surface area contributed by atoms with E-state index < -0.39 is 0 Å². The fourth-order valence-electron chi connectivity index (χ4n) is 2.88. The number of morpholine rings is 1. The number of ether oxygens (including phenoxy) is 1. The van der Waals surface area contributed by atoms with Gasteiger partial charge in [-0.05, 0) is 45.4 Å². The average Bonchev–Trinajstić information content (AvgIpc) is 3.14. The molecule has 1 atom stereocenters. The van der Waals surface area contributed by atoms with E-state index in [2.05, 4.69) is 59.0 Å². The van der Waals surface area contributed by atoms with Crippen molar-refractivity contribution in [2.24, 2.45) is 4.99 Å². The van der Waals surface area contributed by atoms with Gasteiger partial charge in [-0.15, -0.1) is 11.3 Å². The van der Waals surface area contributed by atoms with Crippen LogP contribution in [-0.2, 0) is 4.74 Å². The summed E-state index contributed by atoms with van der Waals surface area (Å²) >= 11 is 1.82. The van der Waals surface area contributed by atoms with Gasteiger partial charge in [-0.3, -0.25) is 9.89 Å². The summed E-state index contributed by atoms with van der Waals surface area (Å²) in [5.41, 5.74) is 0. The van der Waals surface area contributed by atoms with Crippen molar-refractivity contribution in [1.29, 1.82) is 0 Å². The van der Waals surface area contributed by atoms with Crippen molar-refractivity contribution in [1.82, 2.24) is 20.4 Å². The van der Waals surface area contributed by atoms with E-state index in [1.807, 2.05) is 11.3 Å². The molecule has 0 aliphatic carbocycles. The van der Waals surface area contributed by atoms with E-state index in [9.17, 15) is 0 Å². The molecule has 1 saturated heterocycles. The molecular formula is C18H33N5OS. The molecule has 25 heavy (non-hydrogen) atoms. The second kappa shape index (κ2) is 11.5. The second-order valence-corrected chi connectivity index (χ2v) is 7.46. The molecule has 142 valence electrons. The molecule has 7 heteroatoms. The predicted octanol–water partition coefficient (Wildman–Crippen LogP) is 1.63. The second-order valence-electron chi connectivity index (χ2n) is 6.48. The van der Waals surface area contributed by atoms with Crippen LogP contribution in [0.5, 0.6) is 0 Å². The molecule has 1 fully saturated rings. The zero-order valence-corrected chi connectivity index (χ0v) is 16.6. The van der Waals surface area contributed by atoms with Crippen LogP contribution < -0.4 is 10.6 Å². The summed E-state index contributed by atoms with van der Waals surface area (Å²) < 4.78 is 5.51. The molecule has 0 bridgehead atoms. The van der Waals surface area contributed by atoms with Gasteiger partial charge in [0.2, 0.25) is 0 Å². The molecule has 0 amide bonds. The Kier molecular flexibility index (Phi) is 9.25. The Labute approximate surface area is 156 Å². The number of aliphatic imine (C=N–C) groups is 1. The number of thiophene rings is 1. The summed E-state index contributed by atoms with van der Waals surface area (Å²) in [7, 11) is 4.21. The maximum absolute atomic E-state index is 5.51. The van der Waals surface area contributed by atoms with Gasteiger partial charge in [0, 0.05) is 31.1 Å². The fraction of sp³-hybridized carbons (Fsp3) is 0.722. The SMILES string of the molecule is CCNC(=NCC(c1cccs1)N1CCOCC1)NCCCN(C)C. The summed E-state index contributed by atoms with van der Waals surface area (Å²) in [6.45, 7) is 9.35. The molecule has 1 aliphatic heterocycles. The van der Waals surface area contributed by atoms with Crippen molar-refractivity contribution >= 4 is 17.3 Å². The van der Waals surface area contributed by atoms with Crippen molar-refractivity contribution in [3.8, 4) is 0 Å². The summed E-state index contributed by atoms with van der Waals surface area (Å²) in [6.07, 6.45) is 1.11. The van der Waals surface area contributed by atoms with Crippen LogP contribution in [0.2, 0.25) is 0 Å². The first kappa shape index (κ1) is 20.2. The van der Waals surface area contributed by atoms with E-state index >= 15 is 0 Å². The van der Waals surface area contributed by atoms with Crippen LogP contribution >= 0.6 is 11.3 Å². The van der Waals surface area contributed by atoms with Crippen LogP contribution in [0.15, 0.2) is 22.5 Å². The highest BCUT2D eigenvalue weighted by molar-refractivity contribution is 7.10. The summed E-state index contributed by atoms with van der Waals surface area (Å²) in [5, 5.41) is 8.96. The molecular weight excluding hydrogens is 334 g/mol. The Balaban J connectivity index is 1.95. The Bertz CT molecular complexity index is 486. The molecule has 2 rings (SSSR count). The molecule has 0 radical (unpaired) electrons. The Morgan fingerprint density at radius 2 is 2.16 bits per heavy atom. The highest BCUT2D eigenvalue weighted by Crippen LogP contribution is 2.26. The van der Waals surface area contributed by atoms with Crippen molar-refractivity contribution in [3.63, 3.8) is 0 Å². The van der Waals surface area contributed by atoms with E-state index in [-0.39, 0.29) is 0 Å². The number of rotatable bonds is 9. The average molecular weight is 368 g/mol. The topological polar surface area (TPSA) is 52.1 Å². The minimum absolute atomic E-state index is 0.334. The normalized spacial score (nSPS) is 17.7. The van der Waals surface area contributed by atoms with Gasteiger partial charge in [-0.1, -0.05) is 6.07 Å². The Hall–Kier alpha value is -1.15. The van der Waals surface area contributed by atoms with Gasteiger partial charge >= 0.3 is 0 Å². The monoisotopic (exact) mass is 367 g/mol. The highest BCUT2D eigenvalue weighted by Gasteiger charge is 2.23. The van der Waals surface area contributed by atoms with Gasteiger partial charge in [0.15, 0.2) is 5.96 Å². The van der Waals surface area contributed by atoms with E-state index in [0.29, 0.717) is 6.04 Å². The van der Waals surface area contributed by atoms with Gasteiger partial charge in [0.25, 0.3) is 0 Å². The van der Waals surface area contributed by atoms with Crippen LogP contribution in [0.4, 0.5) is 0 Å². The van der Waals surface area contributed by atoms with Crippen molar-refractivity contribution in [2.75, 3.05) is 66.6 Å². The van der Waals surface area contributed by atoms with Crippen molar-refractivity contribution in [3.05, 3.63) is 22.4 Å². The summed E-state index contributed by atoms with van der Waals surface area (Å²) in [5.74, 6) is 0.913. The maximum atomic E-state index is 5.51. The first-order chi connectivity index (χ1) is 12.2. The predicted molar refractivity (Wildman–Crippen MR) is 107 cm³/mol. The number of hydrogen-bond donors (Lipinski definition) is 2. The first-order valence-electron chi connectivity index (χ1n) is 9.22.